The molecule has 1 saturated heterocycles. The van der Waals surface area contributed by atoms with Crippen LogP contribution in [0.1, 0.15) is 12.8 Å². The lowest BCUT2D eigenvalue weighted by atomic mass is 10.1. The maximum Gasteiger partial charge on any atom is 0.234 e. The Morgan fingerprint density at radius 1 is 1.33 bits per heavy atom. The summed E-state index contributed by atoms with van der Waals surface area (Å²) in [5.74, 6) is -1.21. The molecule has 0 bridgehead atoms. The van der Waals surface area contributed by atoms with E-state index in [-0.39, 0.29) is 48.0 Å². The average Bonchev–Trinajstić information content (AvgIpc) is 2.54. The van der Waals surface area contributed by atoms with Gasteiger partial charge in [0.2, 0.25) is 17.7 Å². The van der Waals surface area contributed by atoms with Crippen LogP contribution < -0.4 is 21.3 Å². The third kappa shape index (κ3) is 5.50. The van der Waals surface area contributed by atoms with Gasteiger partial charge in [0.1, 0.15) is 11.3 Å². The third-order valence-corrected chi connectivity index (χ3v) is 4.37. The highest BCUT2D eigenvalue weighted by atomic mass is 32.2. The average molecular weight is 354 g/mol. The second kappa shape index (κ2) is 8.65. The van der Waals surface area contributed by atoms with E-state index in [2.05, 4.69) is 21.3 Å². The Balaban J connectivity index is 1.82. The second-order valence-electron chi connectivity index (χ2n) is 5.23. The molecule has 2 unspecified atom stereocenters. The van der Waals surface area contributed by atoms with E-state index in [1.54, 1.807) is 6.07 Å². The number of anilines is 1. The fourth-order valence-corrected chi connectivity index (χ4v) is 3.09. The molecule has 1 fully saturated rings. The number of thioether (sulfide) groups is 1. The minimum atomic E-state index is -0.509. The van der Waals surface area contributed by atoms with Crippen molar-refractivity contribution >= 4 is 35.2 Å². The molecule has 130 valence electrons. The smallest absolute Gasteiger partial charge is 0.234 e. The van der Waals surface area contributed by atoms with E-state index in [1.807, 2.05) is 0 Å². The zero-order chi connectivity index (χ0) is 17.5. The maximum atomic E-state index is 13.5. The summed E-state index contributed by atoms with van der Waals surface area (Å²) in [6.07, 6.45) is 0.383. The van der Waals surface area contributed by atoms with Gasteiger partial charge in [0, 0.05) is 25.9 Å². The van der Waals surface area contributed by atoms with Crippen LogP contribution in [0.5, 0.6) is 0 Å². The largest absolute Gasteiger partial charge is 0.359 e. The molecule has 1 aliphatic rings. The minimum Gasteiger partial charge on any atom is -0.359 e. The van der Waals surface area contributed by atoms with Gasteiger partial charge in [0.25, 0.3) is 0 Å². The number of amides is 3. The highest BCUT2D eigenvalue weighted by Gasteiger charge is 2.27. The zero-order valence-corrected chi connectivity index (χ0v) is 13.9. The number of halogens is 1. The van der Waals surface area contributed by atoms with Crippen molar-refractivity contribution in [3.05, 3.63) is 30.1 Å². The molecule has 0 spiro atoms. The Hall–Kier alpha value is -2.13. The first-order chi connectivity index (χ1) is 11.5. The SMILES string of the molecule is CNC(=O)CC1CC(=O)NC(SCC(=O)Nc2ccccc2F)N1. The van der Waals surface area contributed by atoms with Gasteiger partial charge >= 0.3 is 0 Å². The van der Waals surface area contributed by atoms with E-state index in [1.165, 1.54) is 25.2 Å². The standard InChI is InChI=1S/C15H19FN4O3S/c1-17-12(21)6-9-7-13(22)20-15(18-9)24-8-14(23)19-11-5-3-2-4-10(11)16/h2-5,9,15,18H,6-8H2,1H3,(H,17,21)(H,19,23)(H,20,22). The lowest BCUT2D eigenvalue weighted by Gasteiger charge is -2.30. The first kappa shape index (κ1) is 18.2. The molecule has 0 radical (unpaired) electrons. The van der Waals surface area contributed by atoms with Gasteiger partial charge in [-0.2, -0.15) is 0 Å². The first-order valence-electron chi connectivity index (χ1n) is 7.40. The topological polar surface area (TPSA) is 99.3 Å². The van der Waals surface area contributed by atoms with Gasteiger partial charge in [-0.05, 0) is 12.1 Å². The molecular formula is C15H19FN4O3S. The molecule has 3 amide bonds. The summed E-state index contributed by atoms with van der Waals surface area (Å²) in [4.78, 5) is 35.0. The van der Waals surface area contributed by atoms with Gasteiger partial charge < -0.3 is 16.0 Å². The summed E-state index contributed by atoms with van der Waals surface area (Å²) in [6.45, 7) is 0. The predicted molar refractivity (Wildman–Crippen MR) is 89.6 cm³/mol. The molecule has 9 heteroatoms. The number of benzene rings is 1. The van der Waals surface area contributed by atoms with E-state index in [0.717, 1.165) is 11.8 Å². The van der Waals surface area contributed by atoms with E-state index in [0.29, 0.717) is 0 Å². The Morgan fingerprint density at radius 3 is 2.79 bits per heavy atom. The number of rotatable bonds is 6. The van der Waals surface area contributed by atoms with Gasteiger partial charge in [0.05, 0.1) is 11.4 Å². The molecule has 7 nitrogen and oxygen atoms in total. The van der Waals surface area contributed by atoms with Gasteiger partial charge in [0.15, 0.2) is 0 Å². The fourth-order valence-electron chi connectivity index (χ4n) is 2.20. The van der Waals surface area contributed by atoms with Crippen LogP contribution in [-0.2, 0) is 14.4 Å². The molecule has 1 aromatic carbocycles. The monoisotopic (exact) mass is 354 g/mol. The van der Waals surface area contributed by atoms with Crippen molar-refractivity contribution in [2.75, 3.05) is 18.1 Å². The molecule has 1 aliphatic heterocycles. The van der Waals surface area contributed by atoms with Crippen molar-refractivity contribution in [2.45, 2.75) is 24.4 Å². The number of hydrogen-bond acceptors (Lipinski definition) is 5. The molecule has 0 saturated carbocycles. The number of hydrogen-bond donors (Lipinski definition) is 4. The predicted octanol–water partition coefficient (Wildman–Crippen LogP) is 0.395. The first-order valence-corrected chi connectivity index (χ1v) is 8.45. The normalized spacial score (nSPS) is 20.2. The number of nitrogens with one attached hydrogen (secondary N) is 4. The van der Waals surface area contributed by atoms with Crippen LogP contribution in [0.25, 0.3) is 0 Å². The van der Waals surface area contributed by atoms with Crippen molar-refractivity contribution < 1.29 is 18.8 Å². The van der Waals surface area contributed by atoms with Crippen molar-refractivity contribution in [1.29, 1.82) is 0 Å². The number of carbonyl (C=O) groups is 3. The number of carbonyl (C=O) groups excluding carboxylic acids is 3. The van der Waals surface area contributed by atoms with Crippen molar-refractivity contribution in [3.63, 3.8) is 0 Å². The van der Waals surface area contributed by atoms with Crippen LogP contribution in [0.3, 0.4) is 0 Å². The van der Waals surface area contributed by atoms with Crippen LogP contribution in [0.15, 0.2) is 24.3 Å². The highest BCUT2D eigenvalue weighted by Crippen LogP contribution is 2.16. The van der Waals surface area contributed by atoms with E-state index >= 15 is 0 Å². The lowest BCUT2D eigenvalue weighted by molar-refractivity contribution is -0.125. The van der Waals surface area contributed by atoms with Crippen molar-refractivity contribution in [1.82, 2.24) is 16.0 Å². The quantitative estimate of drug-likeness (QED) is 0.593. The van der Waals surface area contributed by atoms with Gasteiger partial charge in [-0.15, -0.1) is 11.8 Å². The number of para-hydroxylation sites is 1. The molecule has 0 aliphatic carbocycles. The van der Waals surface area contributed by atoms with E-state index < -0.39 is 11.3 Å². The summed E-state index contributed by atoms with van der Waals surface area (Å²) in [5.41, 5.74) is -0.367. The second-order valence-corrected chi connectivity index (χ2v) is 6.33. The van der Waals surface area contributed by atoms with Gasteiger partial charge in [-0.25, -0.2) is 4.39 Å². The van der Waals surface area contributed by atoms with E-state index in [4.69, 9.17) is 0 Å². The molecule has 2 atom stereocenters. The van der Waals surface area contributed by atoms with Crippen LogP contribution >= 0.6 is 11.8 Å². The van der Waals surface area contributed by atoms with E-state index in [9.17, 15) is 18.8 Å². The summed E-state index contributed by atoms with van der Waals surface area (Å²) >= 11 is 1.16. The molecule has 24 heavy (non-hydrogen) atoms. The maximum absolute atomic E-state index is 13.5. The Labute approximate surface area is 143 Å². The summed E-state index contributed by atoms with van der Waals surface area (Å²) in [6, 6.07) is 5.60. The molecular weight excluding hydrogens is 335 g/mol. The van der Waals surface area contributed by atoms with Crippen molar-refractivity contribution in [2.24, 2.45) is 0 Å². The minimum absolute atomic E-state index is 0.0268. The molecule has 0 aromatic heterocycles. The summed E-state index contributed by atoms with van der Waals surface area (Å²) in [7, 11) is 1.53. The summed E-state index contributed by atoms with van der Waals surface area (Å²) < 4.78 is 13.5. The Morgan fingerprint density at radius 2 is 2.08 bits per heavy atom. The molecule has 1 aromatic rings. The highest BCUT2D eigenvalue weighted by molar-refractivity contribution is 8.00. The fraction of sp³-hybridized carbons (Fsp3) is 0.400. The zero-order valence-electron chi connectivity index (χ0n) is 13.1. The van der Waals surface area contributed by atoms with Crippen LogP contribution in [0.4, 0.5) is 10.1 Å². The van der Waals surface area contributed by atoms with Crippen LogP contribution in [0, 0.1) is 5.82 Å². The lowest BCUT2D eigenvalue weighted by Crippen LogP contribution is -2.55. The van der Waals surface area contributed by atoms with Gasteiger partial charge in [-0.1, -0.05) is 12.1 Å². The van der Waals surface area contributed by atoms with Crippen molar-refractivity contribution in [3.8, 4) is 0 Å². The molecule has 4 N–H and O–H groups in total. The van der Waals surface area contributed by atoms with Gasteiger partial charge in [-0.3, -0.25) is 19.7 Å². The summed E-state index contributed by atoms with van der Waals surface area (Å²) in [5, 5.41) is 10.8. The third-order valence-electron chi connectivity index (χ3n) is 3.35. The molecule has 2 rings (SSSR count). The Kier molecular flexibility index (Phi) is 6.56. The van der Waals surface area contributed by atoms with Crippen LogP contribution in [0.2, 0.25) is 0 Å². The molecule has 1 heterocycles. The van der Waals surface area contributed by atoms with Crippen LogP contribution in [-0.4, -0.2) is 42.1 Å². The Bertz CT molecular complexity index is 628.